The first-order valence-electron chi connectivity index (χ1n) is 6.34. The van der Waals surface area contributed by atoms with Crippen LogP contribution in [-0.4, -0.2) is 51.5 Å². The van der Waals surface area contributed by atoms with E-state index in [9.17, 15) is 13.2 Å². The van der Waals surface area contributed by atoms with Gasteiger partial charge in [-0.15, -0.1) is 0 Å². The average Bonchev–Trinajstić information content (AvgIpc) is 2.42. The summed E-state index contributed by atoms with van der Waals surface area (Å²) in [5.74, 6) is -0.587. The molecule has 1 saturated carbocycles. The number of nitrogens with two attached hydrogens (primary N) is 1. The molecule has 0 radical (unpaired) electrons. The molecular formula is C11H20N2O5S. The Hall–Kier alpha value is -0.700. The van der Waals surface area contributed by atoms with Crippen molar-refractivity contribution in [3.8, 4) is 0 Å². The van der Waals surface area contributed by atoms with E-state index in [4.69, 9.17) is 10.5 Å². The lowest BCUT2D eigenvalue weighted by molar-refractivity contribution is -0.139. The lowest BCUT2D eigenvalue weighted by Gasteiger charge is -2.52. The highest BCUT2D eigenvalue weighted by Crippen LogP contribution is 2.37. The van der Waals surface area contributed by atoms with Crippen molar-refractivity contribution in [2.75, 3.05) is 13.7 Å². The molecule has 5 atom stereocenters. The molecule has 19 heavy (non-hydrogen) atoms. The molecule has 1 saturated heterocycles. The lowest BCUT2D eigenvalue weighted by atomic mass is 9.69. The van der Waals surface area contributed by atoms with E-state index in [0.717, 1.165) is 20.0 Å². The molecular weight excluding hydrogens is 272 g/mol. The van der Waals surface area contributed by atoms with Gasteiger partial charge < -0.3 is 15.2 Å². The number of carbonyl (C=O) groups is 1. The summed E-state index contributed by atoms with van der Waals surface area (Å²) >= 11 is 0. The van der Waals surface area contributed by atoms with Crippen LogP contribution in [0.3, 0.4) is 0 Å². The van der Waals surface area contributed by atoms with E-state index in [0.29, 0.717) is 6.61 Å². The number of methoxy groups -OCH3 is 1. The van der Waals surface area contributed by atoms with Gasteiger partial charge in [0.05, 0.1) is 19.3 Å². The Labute approximate surface area is 112 Å². The minimum atomic E-state index is -3.80. The van der Waals surface area contributed by atoms with E-state index in [1.165, 1.54) is 6.92 Å². The Morgan fingerprint density at radius 3 is 2.84 bits per heavy atom. The van der Waals surface area contributed by atoms with Crippen LogP contribution in [0.15, 0.2) is 0 Å². The van der Waals surface area contributed by atoms with Gasteiger partial charge in [0, 0.05) is 18.6 Å². The average molecular weight is 292 g/mol. The SMILES string of the molecule is COC(=O)C(C)S(=O)(=O)NC1C(N)C2CCCOC21. The fourth-order valence-electron chi connectivity index (χ4n) is 2.68. The summed E-state index contributed by atoms with van der Waals surface area (Å²) in [6, 6.07) is -0.715. The Morgan fingerprint density at radius 1 is 1.53 bits per heavy atom. The van der Waals surface area contributed by atoms with Gasteiger partial charge in [-0.3, -0.25) is 4.79 Å². The second-order valence-corrected chi connectivity index (χ2v) is 7.11. The molecule has 7 nitrogen and oxygen atoms in total. The first-order valence-corrected chi connectivity index (χ1v) is 7.89. The van der Waals surface area contributed by atoms with Crippen molar-refractivity contribution in [2.24, 2.45) is 11.7 Å². The quantitative estimate of drug-likeness (QED) is 0.642. The largest absolute Gasteiger partial charge is 0.468 e. The maximum absolute atomic E-state index is 12.0. The van der Waals surface area contributed by atoms with Crippen molar-refractivity contribution in [1.82, 2.24) is 4.72 Å². The summed E-state index contributed by atoms with van der Waals surface area (Å²) in [4.78, 5) is 11.3. The number of rotatable bonds is 4. The predicted molar refractivity (Wildman–Crippen MR) is 67.8 cm³/mol. The molecule has 3 N–H and O–H groups in total. The van der Waals surface area contributed by atoms with Gasteiger partial charge in [-0.1, -0.05) is 0 Å². The van der Waals surface area contributed by atoms with Crippen LogP contribution in [-0.2, 0) is 24.3 Å². The van der Waals surface area contributed by atoms with Crippen LogP contribution in [0.5, 0.6) is 0 Å². The van der Waals surface area contributed by atoms with Gasteiger partial charge in [0.15, 0.2) is 5.25 Å². The number of hydrogen-bond donors (Lipinski definition) is 2. The van der Waals surface area contributed by atoms with Gasteiger partial charge in [-0.2, -0.15) is 0 Å². The van der Waals surface area contributed by atoms with Gasteiger partial charge in [-0.25, -0.2) is 13.1 Å². The fourth-order valence-corrected chi connectivity index (χ4v) is 3.90. The van der Waals surface area contributed by atoms with Crippen LogP contribution < -0.4 is 10.5 Å². The Morgan fingerprint density at radius 2 is 2.21 bits per heavy atom. The Bertz CT molecular complexity index is 452. The van der Waals surface area contributed by atoms with Crippen molar-refractivity contribution in [2.45, 2.75) is 43.2 Å². The third-order valence-electron chi connectivity index (χ3n) is 3.98. The van der Waals surface area contributed by atoms with Crippen LogP contribution in [0.4, 0.5) is 0 Å². The molecule has 5 unspecified atom stereocenters. The molecule has 0 bridgehead atoms. The van der Waals surface area contributed by atoms with Crippen molar-refractivity contribution in [3.63, 3.8) is 0 Å². The highest BCUT2D eigenvalue weighted by Gasteiger charge is 2.52. The summed E-state index contributed by atoms with van der Waals surface area (Å²) in [6.07, 6.45) is 1.73. The van der Waals surface area contributed by atoms with Crippen molar-refractivity contribution in [1.29, 1.82) is 0 Å². The maximum Gasteiger partial charge on any atom is 0.325 e. The topological polar surface area (TPSA) is 108 Å². The van der Waals surface area contributed by atoms with Gasteiger partial charge in [0.25, 0.3) is 0 Å². The molecule has 1 heterocycles. The molecule has 0 spiro atoms. The zero-order valence-electron chi connectivity index (χ0n) is 11.0. The molecule has 8 heteroatoms. The van der Waals surface area contributed by atoms with E-state index < -0.39 is 27.3 Å². The van der Waals surface area contributed by atoms with E-state index in [1.54, 1.807) is 0 Å². The number of esters is 1. The summed E-state index contributed by atoms with van der Waals surface area (Å²) in [7, 11) is -2.64. The first kappa shape index (κ1) is 14.7. The van der Waals surface area contributed by atoms with E-state index in [-0.39, 0.29) is 18.1 Å². The summed E-state index contributed by atoms with van der Waals surface area (Å²) in [5, 5.41) is -1.26. The molecule has 2 fully saturated rings. The molecule has 0 amide bonds. The molecule has 1 aliphatic heterocycles. The molecule has 2 rings (SSSR count). The van der Waals surface area contributed by atoms with Crippen LogP contribution in [0, 0.1) is 5.92 Å². The molecule has 0 aromatic rings. The van der Waals surface area contributed by atoms with E-state index in [1.807, 2.05) is 0 Å². The molecule has 110 valence electrons. The summed E-state index contributed by atoms with van der Waals surface area (Å²) in [5.41, 5.74) is 5.97. The van der Waals surface area contributed by atoms with Gasteiger partial charge in [-0.05, 0) is 19.8 Å². The first-order chi connectivity index (χ1) is 8.88. The maximum atomic E-state index is 12.0. The van der Waals surface area contributed by atoms with Crippen molar-refractivity contribution < 1.29 is 22.7 Å². The molecule has 2 aliphatic rings. The number of sulfonamides is 1. The highest BCUT2D eigenvalue weighted by atomic mass is 32.2. The summed E-state index contributed by atoms with van der Waals surface area (Å²) < 4.78 is 36.5. The second-order valence-electron chi connectivity index (χ2n) is 5.07. The number of nitrogens with one attached hydrogen (secondary N) is 1. The highest BCUT2D eigenvalue weighted by molar-refractivity contribution is 7.90. The minimum absolute atomic E-state index is 0.177. The standard InChI is InChI=1S/C11H20N2O5S/c1-6(11(14)17-2)19(15,16)13-9-8(12)7-4-3-5-18-10(7)9/h6-10,13H,3-5,12H2,1-2H3. The predicted octanol–water partition coefficient (Wildman–Crippen LogP) is -1.03. The van der Waals surface area contributed by atoms with Gasteiger partial charge in [0.2, 0.25) is 10.0 Å². The van der Waals surface area contributed by atoms with Crippen molar-refractivity contribution >= 4 is 16.0 Å². The van der Waals surface area contributed by atoms with Crippen LogP contribution in [0.2, 0.25) is 0 Å². The fraction of sp³-hybridized carbons (Fsp3) is 0.909. The monoisotopic (exact) mass is 292 g/mol. The number of ether oxygens (including phenoxy) is 2. The Kier molecular flexibility index (Phi) is 4.14. The lowest BCUT2D eigenvalue weighted by Crippen LogP contribution is -2.72. The number of fused-ring (bicyclic) bond motifs is 1. The number of carbonyl (C=O) groups excluding carboxylic acids is 1. The smallest absolute Gasteiger partial charge is 0.325 e. The second kappa shape index (κ2) is 5.35. The van der Waals surface area contributed by atoms with Crippen LogP contribution >= 0.6 is 0 Å². The minimum Gasteiger partial charge on any atom is -0.468 e. The van der Waals surface area contributed by atoms with Gasteiger partial charge >= 0.3 is 5.97 Å². The van der Waals surface area contributed by atoms with Gasteiger partial charge in [0.1, 0.15) is 0 Å². The van der Waals surface area contributed by atoms with Crippen LogP contribution in [0.25, 0.3) is 0 Å². The Balaban J connectivity index is 2.02. The number of hydrogen-bond acceptors (Lipinski definition) is 6. The third-order valence-corrected chi connectivity index (χ3v) is 5.70. The summed E-state index contributed by atoms with van der Waals surface area (Å²) in [6.45, 7) is 1.91. The normalized spacial score (nSPS) is 35.9. The van der Waals surface area contributed by atoms with E-state index >= 15 is 0 Å². The third kappa shape index (κ3) is 2.62. The van der Waals surface area contributed by atoms with Crippen molar-refractivity contribution in [3.05, 3.63) is 0 Å². The zero-order chi connectivity index (χ0) is 14.2. The molecule has 0 aromatic heterocycles. The van der Waals surface area contributed by atoms with E-state index in [2.05, 4.69) is 9.46 Å². The molecule has 1 aliphatic carbocycles. The van der Waals surface area contributed by atoms with Crippen LogP contribution in [0.1, 0.15) is 19.8 Å². The molecule has 0 aromatic carbocycles. The zero-order valence-corrected chi connectivity index (χ0v) is 11.9.